The smallest absolute Gasteiger partial charge is 0.259 e. The van der Waals surface area contributed by atoms with Crippen LogP contribution in [0.1, 0.15) is 12.8 Å². The van der Waals surface area contributed by atoms with Gasteiger partial charge in [0.05, 0.1) is 0 Å². The van der Waals surface area contributed by atoms with Gasteiger partial charge in [-0.25, -0.2) is 18.1 Å². The molecule has 9 heteroatoms. The molecule has 0 atom stereocenters. The third kappa shape index (κ3) is 2.67. The SMILES string of the molecule is O=S(=O)(NCCCCO)c1c(Cl)nc2sccn12. The molecule has 2 rings (SSSR count). The summed E-state index contributed by atoms with van der Waals surface area (Å²) in [6.45, 7) is 0.306. The topological polar surface area (TPSA) is 83.7 Å². The van der Waals surface area contributed by atoms with Crippen molar-refractivity contribution in [3.8, 4) is 0 Å². The van der Waals surface area contributed by atoms with E-state index in [0.29, 0.717) is 17.8 Å². The van der Waals surface area contributed by atoms with Gasteiger partial charge in [-0.1, -0.05) is 11.6 Å². The van der Waals surface area contributed by atoms with Crippen molar-refractivity contribution in [2.45, 2.75) is 17.9 Å². The van der Waals surface area contributed by atoms with Crippen LogP contribution in [0.5, 0.6) is 0 Å². The predicted molar refractivity (Wildman–Crippen MR) is 69.6 cm³/mol. The predicted octanol–water partition coefficient (Wildman–Crippen LogP) is 1.10. The largest absolute Gasteiger partial charge is 0.396 e. The summed E-state index contributed by atoms with van der Waals surface area (Å²) < 4.78 is 28.0. The van der Waals surface area contributed by atoms with Crippen molar-refractivity contribution in [2.24, 2.45) is 0 Å². The van der Waals surface area contributed by atoms with Crippen LogP contribution in [0.15, 0.2) is 16.6 Å². The van der Waals surface area contributed by atoms with Crippen LogP contribution >= 0.6 is 22.9 Å². The van der Waals surface area contributed by atoms with Crippen molar-refractivity contribution in [2.75, 3.05) is 13.2 Å². The van der Waals surface area contributed by atoms with Crippen molar-refractivity contribution >= 4 is 37.9 Å². The number of rotatable bonds is 6. The quantitative estimate of drug-likeness (QED) is 0.783. The maximum absolute atomic E-state index is 12.1. The highest BCUT2D eigenvalue weighted by molar-refractivity contribution is 7.89. The Hall–Kier alpha value is -0.670. The molecule has 0 amide bonds. The second-order valence-corrected chi connectivity index (χ2v) is 6.51. The summed E-state index contributed by atoms with van der Waals surface area (Å²) in [5.74, 6) is 0. The zero-order chi connectivity index (χ0) is 13.2. The minimum atomic E-state index is -3.68. The molecule has 2 heterocycles. The van der Waals surface area contributed by atoms with Crippen LogP contribution in [-0.2, 0) is 10.0 Å². The first kappa shape index (κ1) is 13.8. The summed E-state index contributed by atoms with van der Waals surface area (Å²) >= 11 is 7.16. The second kappa shape index (κ2) is 5.54. The van der Waals surface area contributed by atoms with Crippen molar-refractivity contribution in [1.82, 2.24) is 14.1 Å². The Bertz CT molecular complexity index is 635. The molecule has 2 N–H and O–H groups in total. The Balaban J connectivity index is 2.23. The Labute approximate surface area is 113 Å². The number of sulfonamides is 1. The van der Waals surface area contributed by atoms with E-state index in [4.69, 9.17) is 16.7 Å². The molecule has 2 aromatic rings. The molecule has 0 aromatic carbocycles. The molecule has 100 valence electrons. The average Bonchev–Trinajstić information content (AvgIpc) is 2.83. The maximum atomic E-state index is 12.1. The van der Waals surface area contributed by atoms with Crippen molar-refractivity contribution in [3.05, 3.63) is 16.7 Å². The van der Waals surface area contributed by atoms with Gasteiger partial charge in [-0.15, -0.1) is 11.3 Å². The van der Waals surface area contributed by atoms with Crippen LogP contribution in [0, 0.1) is 0 Å². The van der Waals surface area contributed by atoms with Gasteiger partial charge in [0.2, 0.25) is 0 Å². The molecule has 0 aliphatic rings. The van der Waals surface area contributed by atoms with E-state index in [2.05, 4.69) is 9.71 Å². The number of halogens is 1. The van der Waals surface area contributed by atoms with Gasteiger partial charge in [0.15, 0.2) is 15.1 Å². The van der Waals surface area contributed by atoms with Gasteiger partial charge in [-0.05, 0) is 12.8 Å². The first-order valence-corrected chi connectivity index (χ1v) is 8.02. The summed E-state index contributed by atoms with van der Waals surface area (Å²) in [6.07, 6.45) is 2.73. The zero-order valence-corrected chi connectivity index (χ0v) is 11.7. The lowest BCUT2D eigenvalue weighted by atomic mass is 10.3. The van der Waals surface area contributed by atoms with Crippen molar-refractivity contribution in [1.29, 1.82) is 0 Å². The Morgan fingerprint density at radius 2 is 2.28 bits per heavy atom. The van der Waals surface area contributed by atoms with Crippen molar-refractivity contribution in [3.63, 3.8) is 0 Å². The van der Waals surface area contributed by atoms with E-state index in [0.717, 1.165) is 0 Å². The van der Waals surface area contributed by atoms with Gasteiger partial charge in [0.1, 0.15) is 0 Å². The summed E-state index contributed by atoms with van der Waals surface area (Å²) in [7, 11) is -3.68. The van der Waals surface area contributed by atoms with Gasteiger partial charge in [-0.2, -0.15) is 0 Å². The van der Waals surface area contributed by atoms with Crippen LogP contribution < -0.4 is 4.72 Å². The molecule has 0 aliphatic heterocycles. The molecule has 0 radical (unpaired) electrons. The maximum Gasteiger partial charge on any atom is 0.259 e. The van der Waals surface area contributed by atoms with Gasteiger partial charge in [0, 0.05) is 24.7 Å². The van der Waals surface area contributed by atoms with E-state index in [-0.39, 0.29) is 23.3 Å². The van der Waals surface area contributed by atoms with E-state index < -0.39 is 10.0 Å². The Kier molecular flexibility index (Phi) is 4.23. The monoisotopic (exact) mass is 309 g/mol. The normalized spacial score (nSPS) is 12.3. The molecule has 0 spiro atoms. The van der Waals surface area contributed by atoms with E-state index in [1.165, 1.54) is 15.7 Å². The summed E-state index contributed by atoms with van der Waals surface area (Å²) in [5.41, 5.74) is 0. The third-order valence-corrected chi connectivity index (χ3v) is 4.93. The highest BCUT2D eigenvalue weighted by Gasteiger charge is 2.24. The molecule has 2 aromatic heterocycles. The lowest BCUT2D eigenvalue weighted by Crippen LogP contribution is -2.26. The fourth-order valence-electron chi connectivity index (χ4n) is 1.49. The molecular weight excluding hydrogens is 298 g/mol. The summed E-state index contributed by atoms with van der Waals surface area (Å²) in [5, 5.41) is 10.3. The average molecular weight is 310 g/mol. The number of nitrogens with zero attached hydrogens (tertiary/aromatic N) is 2. The fraction of sp³-hybridized carbons (Fsp3) is 0.444. The number of nitrogens with one attached hydrogen (secondary N) is 1. The number of hydrogen-bond acceptors (Lipinski definition) is 5. The van der Waals surface area contributed by atoms with Gasteiger partial charge >= 0.3 is 0 Å². The van der Waals surface area contributed by atoms with E-state index in [9.17, 15) is 8.42 Å². The lowest BCUT2D eigenvalue weighted by molar-refractivity contribution is 0.285. The fourth-order valence-corrected chi connectivity index (χ4v) is 4.01. The highest BCUT2D eigenvalue weighted by atomic mass is 35.5. The molecule has 0 saturated carbocycles. The molecular formula is C9H12ClN3O3S2. The molecule has 0 saturated heterocycles. The number of thiazole rings is 1. The first-order valence-electron chi connectivity index (χ1n) is 5.28. The molecule has 0 aliphatic carbocycles. The third-order valence-electron chi connectivity index (χ3n) is 2.31. The Morgan fingerprint density at radius 1 is 1.50 bits per heavy atom. The van der Waals surface area contributed by atoms with Crippen LogP contribution in [0.4, 0.5) is 0 Å². The number of imidazole rings is 1. The standard InChI is InChI=1S/C9H12ClN3O3S2/c10-7-8(13-4-6-17-9(13)12-7)18(15,16)11-3-1-2-5-14/h4,6,11,14H,1-3,5H2. The molecule has 0 unspecified atom stereocenters. The summed E-state index contributed by atoms with van der Waals surface area (Å²) in [6, 6.07) is 0. The minimum absolute atomic E-state index is 0.0310. The zero-order valence-electron chi connectivity index (χ0n) is 9.34. The molecule has 6 nitrogen and oxygen atoms in total. The van der Waals surface area contributed by atoms with E-state index >= 15 is 0 Å². The molecule has 18 heavy (non-hydrogen) atoms. The van der Waals surface area contributed by atoms with Gasteiger partial charge < -0.3 is 5.11 Å². The van der Waals surface area contributed by atoms with E-state index in [1.807, 2.05) is 0 Å². The minimum Gasteiger partial charge on any atom is -0.396 e. The number of unbranched alkanes of at least 4 members (excludes halogenated alkanes) is 1. The Morgan fingerprint density at radius 3 is 3.00 bits per heavy atom. The van der Waals surface area contributed by atoms with Crippen molar-refractivity contribution < 1.29 is 13.5 Å². The highest BCUT2D eigenvalue weighted by Crippen LogP contribution is 2.25. The number of aromatic nitrogens is 2. The van der Waals surface area contributed by atoms with E-state index in [1.54, 1.807) is 11.6 Å². The molecule has 0 fully saturated rings. The van der Waals surface area contributed by atoms with Gasteiger partial charge in [0.25, 0.3) is 10.0 Å². The number of hydrogen-bond donors (Lipinski definition) is 2. The van der Waals surface area contributed by atoms with Crippen LogP contribution in [-0.4, -0.2) is 36.1 Å². The lowest BCUT2D eigenvalue weighted by Gasteiger charge is -2.05. The number of aliphatic hydroxyl groups is 1. The first-order chi connectivity index (χ1) is 8.56. The summed E-state index contributed by atoms with van der Waals surface area (Å²) in [4.78, 5) is 4.51. The van der Waals surface area contributed by atoms with Crippen LogP contribution in [0.2, 0.25) is 5.15 Å². The number of fused-ring (bicyclic) bond motifs is 1. The van der Waals surface area contributed by atoms with Crippen LogP contribution in [0.3, 0.4) is 0 Å². The van der Waals surface area contributed by atoms with Gasteiger partial charge in [-0.3, -0.25) is 4.40 Å². The number of aliphatic hydroxyl groups excluding tert-OH is 1. The van der Waals surface area contributed by atoms with Crippen LogP contribution in [0.25, 0.3) is 4.96 Å². The second-order valence-electron chi connectivity index (χ2n) is 3.59. The molecule has 0 bridgehead atoms.